The lowest BCUT2D eigenvalue weighted by Gasteiger charge is -2.12. The van der Waals surface area contributed by atoms with Crippen LogP contribution >= 0.6 is 0 Å². The molecule has 22 heavy (non-hydrogen) atoms. The third kappa shape index (κ3) is 2.94. The highest BCUT2D eigenvalue weighted by atomic mass is 16.5. The van der Waals surface area contributed by atoms with Crippen molar-refractivity contribution in [3.8, 4) is 16.9 Å². The Morgan fingerprint density at radius 3 is 2.82 bits per heavy atom. The fraction of sp³-hybridized carbons (Fsp3) is 0.118. The summed E-state index contributed by atoms with van der Waals surface area (Å²) in [6.07, 6.45) is 3.70. The van der Waals surface area contributed by atoms with Crippen LogP contribution in [0.4, 0.5) is 5.69 Å². The first kappa shape index (κ1) is 14.2. The Labute approximate surface area is 128 Å². The molecule has 1 heterocycles. The number of anilines is 1. The number of hydrogen-bond donors (Lipinski definition) is 2. The maximum atomic E-state index is 9.07. The summed E-state index contributed by atoms with van der Waals surface area (Å²) < 4.78 is 7.33. The summed E-state index contributed by atoms with van der Waals surface area (Å²) in [5, 5.41) is 13.3. The first-order chi connectivity index (χ1) is 10.8. The van der Waals surface area contributed by atoms with Crippen molar-refractivity contribution in [2.75, 3.05) is 12.6 Å². The molecule has 5 heteroatoms. The maximum Gasteiger partial charge on any atom is 0.126 e. The Balaban J connectivity index is 2.00. The molecule has 112 valence electrons. The van der Waals surface area contributed by atoms with Crippen LogP contribution in [0.3, 0.4) is 0 Å². The van der Waals surface area contributed by atoms with Crippen molar-refractivity contribution in [1.82, 2.24) is 9.78 Å². The van der Waals surface area contributed by atoms with Gasteiger partial charge in [-0.2, -0.15) is 5.10 Å². The van der Waals surface area contributed by atoms with Gasteiger partial charge in [0, 0.05) is 18.0 Å². The van der Waals surface area contributed by atoms with Crippen molar-refractivity contribution in [3.63, 3.8) is 0 Å². The van der Waals surface area contributed by atoms with Gasteiger partial charge >= 0.3 is 0 Å². The standard InChI is InChI=1S/C17H17N3O2/c1-22-17-7-6-13(12-20-9-3-8-18-20)10-16(17)14-4-2-5-15(11-14)19-21/h2-11,19,21H,12H2,1H3. The lowest BCUT2D eigenvalue weighted by molar-refractivity contribution is 0.389. The first-order valence-electron chi connectivity index (χ1n) is 6.95. The summed E-state index contributed by atoms with van der Waals surface area (Å²) in [5.74, 6) is 0.791. The zero-order valence-corrected chi connectivity index (χ0v) is 12.2. The van der Waals surface area contributed by atoms with Gasteiger partial charge in [-0.15, -0.1) is 0 Å². The molecule has 0 fully saturated rings. The van der Waals surface area contributed by atoms with Gasteiger partial charge in [0.2, 0.25) is 0 Å². The molecule has 0 aliphatic rings. The fourth-order valence-electron chi connectivity index (χ4n) is 2.42. The highest BCUT2D eigenvalue weighted by Crippen LogP contribution is 2.32. The average molecular weight is 295 g/mol. The Morgan fingerprint density at radius 1 is 1.18 bits per heavy atom. The second-order valence-electron chi connectivity index (χ2n) is 4.93. The third-order valence-corrected chi connectivity index (χ3v) is 3.47. The van der Waals surface area contributed by atoms with Crippen molar-refractivity contribution in [2.45, 2.75) is 6.54 Å². The minimum absolute atomic E-state index is 0.636. The van der Waals surface area contributed by atoms with Crippen molar-refractivity contribution < 1.29 is 9.94 Å². The largest absolute Gasteiger partial charge is 0.496 e. The molecule has 0 saturated carbocycles. The Hall–Kier alpha value is -2.79. The van der Waals surface area contributed by atoms with Crippen molar-refractivity contribution >= 4 is 5.69 Å². The fourth-order valence-corrected chi connectivity index (χ4v) is 2.42. The van der Waals surface area contributed by atoms with Crippen molar-refractivity contribution in [2.24, 2.45) is 0 Å². The molecule has 2 aromatic carbocycles. The van der Waals surface area contributed by atoms with E-state index in [1.54, 1.807) is 19.4 Å². The molecule has 0 unspecified atom stereocenters. The average Bonchev–Trinajstić information content (AvgIpc) is 3.08. The van der Waals surface area contributed by atoms with Crippen LogP contribution in [-0.2, 0) is 6.54 Å². The monoisotopic (exact) mass is 295 g/mol. The predicted molar refractivity (Wildman–Crippen MR) is 85.2 cm³/mol. The van der Waals surface area contributed by atoms with E-state index in [-0.39, 0.29) is 0 Å². The van der Waals surface area contributed by atoms with Gasteiger partial charge < -0.3 is 4.74 Å². The molecule has 0 atom stereocenters. The van der Waals surface area contributed by atoms with Gasteiger partial charge in [-0.3, -0.25) is 15.4 Å². The summed E-state index contributed by atoms with van der Waals surface area (Å²) in [5.41, 5.74) is 5.88. The van der Waals surface area contributed by atoms with Gasteiger partial charge in [0.1, 0.15) is 5.75 Å². The topological polar surface area (TPSA) is 59.3 Å². The van der Waals surface area contributed by atoms with Crippen LogP contribution in [0.15, 0.2) is 60.9 Å². The Kier molecular flexibility index (Phi) is 4.07. The van der Waals surface area contributed by atoms with Crippen LogP contribution < -0.4 is 10.2 Å². The van der Waals surface area contributed by atoms with Gasteiger partial charge in [0.05, 0.1) is 19.3 Å². The van der Waals surface area contributed by atoms with Crippen molar-refractivity contribution in [3.05, 3.63) is 66.5 Å². The molecule has 1 aromatic heterocycles. The number of ether oxygens (including phenoxy) is 1. The van der Waals surface area contributed by atoms with E-state index in [4.69, 9.17) is 9.94 Å². The number of nitrogens with zero attached hydrogens (tertiary/aromatic N) is 2. The van der Waals surface area contributed by atoms with Crippen LogP contribution in [0.25, 0.3) is 11.1 Å². The number of benzene rings is 2. The molecular formula is C17H17N3O2. The lowest BCUT2D eigenvalue weighted by atomic mass is 10.0. The zero-order chi connectivity index (χ0) is 15.4. The third-order valence-electron chi connectivity index (χ3n) is 3.47. The molecule has 0 amide bonds. The normalized spacial score (nSPS) is 10.5. The smallest absolute Gasteiger partial charge is 0.126 e. The van der Waals surface area contributed by atoms with Crippen LogP contribution in [0, 0.1) is 0 Å². The molecule has 0 spiro atoms. The quantitative estimate of drug-likeness (QED) is 0.708. The molecule has 0 saturated heterocycles. The Bertz CT molecular complexity index is 754. The zero-order valence-electron chi connectivity index (χ0n) is 12.2. The van der Waals surface area contributed by atoms with E-state index in [1.807, 2.05) is 47.3 Å². The van der Waals surface area contributed by atoms with Crippen LogP contribution in [-0.4, -0.2) is 22.1 Å². The number of rotatable bonds is 5. The molecule has 5 nitrogen and oxygen atoms in total. The molecule has 2 N–H and O–H groups in total. The second kappa shape index (κ2) is 6.32. The molecule has 0 aliphatic heterocycles. The minimum atomic E-state index is 0.636. The number of nitrogens with one attached hydrogen (secondary N) is 1. The van der Waals surface area contributed by atoms with Gasteiger partial charge in [0.25, 0.3) is 0 Å². The molecular weight excluding hydrogens is 278 g/mol. The summed E-state index contributed by atoms with van der Waals surface area (Å²) in [6.45, 7) is 0.696. The van der Waals surface area contributed by atoms with Gasteiger partial charge in [0.15, 0.2) is 0 Å². The van der Waals surface area contributed by atoms with Crippen LogP contribution in [0.5, 0.6) is 5.75 Å². The van der Waals surface area contributed by atoms with Crippen molar-refractivity contribution in [1.29, 1.82) is 0 Å². The number of aromatic nitrogens is 2. The number of hydrogen-bond acceptors (Lipinski definition) is 4. The van der Waals surface area contributed by atoms with Gasteiger partial charge in [-0.25, -0.2) is 0 Å². The summed E-state index contributed by atoms with van der Waals surface area (Å²) in [7, 11) is 1.65. The molecule has 0 bridgehead atoms. The van der Waals surface area contributed by atoms with E-state index in [9.17, 15) is 0 Å². The second-order valence-corrected chi connectivity index (χ2v) is 4.93. The van der Waals surface area contributed by atoms with Gasteiger partial charge in [-0.1, -0.05) is 18.2 Å². The van der Waals surface area contributed by atoms with Crippen LogP contribution in [0.2, 0.25) is 0 Å². The Morgan fingerprint density at radius 2 is 2.09 bits per heavy atom. The summed E-state index contributed by atoms with van der Waals surface area (Å²) in [4.78, 5) is 0. The van der Waals surface area contributed by atoms with E-state index in [0.29, 0.717) is 12.2 Å². The minimum Gasteiger partial charge on any atom is -0.496 e. The highest BCUT2D eigenvalue weighted by Gasteiger charge is 2.08. The molecule has 3 rings (SSSR count). The van der Waals surface area contributed by atoms with Gasteiger partial charge in [-0.05, 0) is 41.5 Å². The SMILES string of the molecule is COc1ccc(Cn2cccn2)cc1-c1cccc(NO)c1. The highest BCUT2D eigenvalue weighted by molar-refractivity contribution is 5.74. The van der Waals surface area contributed by atoms with E-state index < -0.39 is 0 Å². The summed E-state index contributed by atoms with van der Waals surface area (Å²) >= 11 is 0. The molecule has 0 radical (unpaired) electrons. The van der Waals surface area contributed by atoms with E-state index in [1.165, 1.54) is 0 Å². The van der Waals surface area contributed by atoms with E-state index in [2.05, 4.69) is 16.6 Å². The summed E-state index contributed by atoms with van der Waals surface area (Å²) in [6, 6.07) is 15.5. The van der Waals surface area contributed by atoms with E-state index in [0.717, 1.165) is 22.4 Å². The first-order valence-corrected chi connectivity index (χ1v) is 6.95. The number of methoxy groups -OCH3 is 1. The lowest BCUT2D eigenvalue weighted by Crippen LogP contribution is -2.00. The predicted octanol–water partition coefficient (Wildman–Crippen LogP) is 3.41. The maximum absolute atomic E-state index is 9.07. The van der Waals surface area contributed by atoms with E-state index >= 15 is 0 Å². The molecule has 3 aromatic rings. The molecule has 0 aliphatic carbocycles. The van der Waals surface area contributed by atoms with Crippen LogP contribution in [0.1, 0.15) is 5.56 Å².